The fraction of sp³-hybridized carbons (Fsp3) is 0.611. The van der Waals surface area contributed by atoms with Crippen molar-refractivity contribution in [2.45, 2.75) is 13.5 Å². The maximum absolute atomic E-state index is 11.0. The van der Waals surface area contributed by atoms with Crippen molar-refractivity contribution in [3.05, 3.63) is 29.3 Å². The molecule has 2 N–H and O–H groups in total. The normalized spacial score (nSPS) is 12.1. The highest BCUT2D eigenvalue weighted by Gasteiger charge is 2.06. The van der Waals surface area contributed by atoms with Crippen LogP contribution in [-0.2, 0) is 25.9 Å². The summed E-state index contributed by atoms with van der Waals surface area (Å²) in [7, 11) is 0.338. The van der Waals surface area contributed by atoms with Crippen LogP contribution in [-0.4, -0.2) is 73.5 Å². The Bertz CT molecular complexity index is 692. The van der Waals surface area contributed by atoms with E-state index < -0.39 is 9.84 Å². The van der Waals surface area contributed by atoms with E-state index in [1.54, 1.807) is 14.2 Å². The van der Waals surface area contributed by atoms with Crippen LogP contribution in [0.25, 0.3) is 0 Å². The minimum atomic E-state index is -2.99. The van der Waals surface area contributed by atoms with Gasteiger partial charge in [0.05, 0.1) is 25.6 Å². The van der Waals surface area contributed by atoms with Crippen molar-refractivity contribution in [1.82, 2.24) is 10.6 Å². The Morgan fingerprint density at radius 3 is 2.59 bits per heavy atom. The lowest BCUT2D eigenvalue weighted by atomic mass is 10.1. The number of nitrogens with zero attached hydrogens (tertiary/aromatic N) is 1. The van der Waals surface area contributed by atoms with Gasteiger partial charge in [0.25, 0.3) is 0 Å². The van der Waals surface area contributed by atoms with Crippen LogP contribution in [0, 0.1) is 6.92 Å². The van der Waals surface area contributed by atoms with E-state index in [-0.39, 0.29) is 12.4 Å². The molecule has 0 spiro atoms. The fourth-order valence-electron chi connectivity index (χ4n) is 2.13. The van der Waals surface area contributed by atoms with Gasteiger partial charge in [0.2, 0.25) is 0 Å². The molecule has 0 aliphatic carbocycles. The number of rotatable bonds is 12. The van der Waals surface area contributed by atoms with Gasteiger partial charge in [-0.1, -0.05) is 12.1 Å². The second kappa shape index (κ2) is 12.5. The van der Waals surface area contributed by atoms with Crippen LogP contribution >= 0.6 is 0 Å². The first-order valence-electron chi connectivity index (χ1n) is 8.77. The Hall–Kier alpha value is -1.84. The van der Waals surface area contributed by atoms with Crippen molar-refractivity contribution >= 4 is 15.8 Å². The summed E-state index contributed by atoms with van der Waals surface area (Å²) in [5.74, 6) is 1.48. The number of methoxy groups -OCH3 is 1. The molecule has 154 valence electrons. The molecule has 1 rings (SSSR count). The third-order valence-corrected chi connectivity index (χ3v) is 4.48. The molecule has 9 heteroatoms. The zero-order valence-corrected chi connectivity index (χ0v) is 17.4. The molecule has 0 atom stereocenters. The van der Waals surface area contributed by atoms with E-state index in [0.29, 0.717) is 38.9 Å². The van der Waals surface area contributed by atoms with Gasteiger partial charge in [-0.05, 0) is 18.6 Å². The quantitative estimate of drug-likeness (QED) is 0.303. The summed E-state index contributed by atoms with van der Waals surface area (Å²) in [5.41, 5.74) is 2.14. The number of hydrogen-bond donors (Lipinski definition) is 2. The molecule has 1 aromatic carbocycles. The van der Waals surface area contributed by atoms with Crippen LogP contribution in [0.1, 0.15) is 11.1 Å². The summed E-state index contributed by atoms with van der Waals surface area (Å²) in [5, 5.41) is 6.35. The Balaban J connectivity index is 2.41. The average molecular weight is 402 g/mol. The number of hydrogen-bond acceptors (Lipinski definition) is 6. The van der Waals surface area contributed by atoms with Crippen LogP contribution in [0.15, 0.2) is 23.2 Å². The SMILES string of the molecule is CN=C(NCCOCCS(C)(=O)=O)NCc1ccc(C)cc1OCCOC. The van der Waals surface area contributed by atoms with Crippen LogP contribution in [0.3, 0.4) is 0 Å². The number of sulfone groups is 1. The second-order valence-corrected chi connectivity index (χ2v) is 8.31. The van der Waals surface area contributed by atoms with Crippen LogP contribution in [0.4, 0.5) is 0 Å². The topological polar surface area (TPSA) is 98.3 Å². The molecule has 0 unspecified atom stereocenters. The Kier molecular flexibility index (Phi) is 10.8. The van der Waals surface area contributed by atoms with Gasteiger partial charge in [-0.15, -0.1) is 0 Å². The van der Waals surface area contributed by atoms with Crippen molar-refractivity contribution in [3.63, 3.8) is 0 Å². The molecule has 0 aliphatic rings. The number of ether oxygens (including phenoxy) is 3. The first-order valence-corrected chi connectivity index (χ1v) is 10.8. The van der Waals surface area contributed by atoms with Crippen LogP contribution in [0.2, 0.25) is 0 Å². The molecule has 0 saturated heterocycles. The molecular formula is C18H31N3O5S. The van der Waals surface area contributed by atoms with Crippen molar-refractivity contribution in [2.75, 3.05) is 59.1 Å². The summed E-state index contributed by atoms with van der Waals surface area (Å²) < 4.78 is 38.2. The molecule has 0 fully saturated rings. The van der Waals surface area contributed by atoms with Crippen LogP contribution in [0.5, 0.6) is 5.75 Å². The van der Waals surface area contributed by atoms with Crippen LogP contribution < -0.4 is 15.4 Å². The van der Waals surface area contributed by atoms with E-state index in [1.165, 1.54) is 6.26 Å². The van der Waals surface area contributed by atoms with Gasteiger partial charge in [0.15, 0.2) is 5.96 Å². The lowest BCUT2D eigenvalue weighted by Gasteiger charge is -2.15. The highest BCUT2D eigenvalue weighted by Crippen LogP contribution is 2.20. The maximum atomic E-state index is 11.0. The van der Waals surface area contributed by atoms with Crippen molar-refractivity contribution < 1.29 is 22.6 Å². The van der Waals surface area contributed by atoms with E-state index in [4.69, 9.17) is 14.2 Å². The minimum absolute atomic E-state index is 0.0270. The first kappa shape index (κ1) is 23.2. The Labute approximate surface area is 162 Å². The molecule has 0 saturated carbocycles. The Morgan fingerprint density at radius 1 is 1.15 bits per heavy atom. The van der Waals surface area contributed by atoms with E-state index >= 15 is 0 Å². The predicted octanol–water partition coefficient (Wildman–Crippen LogP) is 0.746. The van der Waals surface area contributed by atoms with Crippen molar-refractivity contribution in [1.29, 1.82) is 0 Å². The highest BCUT2D eigenvalue weighted by atomic mass is 32.2. The highest BCUT2D eigenvalue weighted by molar-refractivity contribution is 7.90. The van der Waals surface area contributed by atoms with E-state index in [0.717, 1.165) is 16.9 Å². The van der Waals surface area contributed by atoms with Crippen molar-refractivity contribution in [3.8, 4) is 5.75 Å². The molecule has 0 radical (unpaired) electrons. The second-order valence-electron chi connectivity index (χ2n) is 6.05. The van der Waals surface area contributed by atoms with E-state index in [1.807, 2.05) is 25.1 Å². The molecule has 8 nitrogen and oxygen atoms in total. The minimum Gasteiger partial charge on any atom is -0.491 e. The number of aliphatic imine (C=N–C) groups is 1. The zero-order valence-electron chi connectivity index (χ0n) is 16.6. The molecule has 0 heterocycles. The smallest absolute Gasteiger partial charge is 0.191 e. The fourth-order valence-corrected chi connectivity index (χ4v) is 2.55. The van der Waals surface area contributed by atoms with Gasteiger partial charge in [0.1, 0.15) is 22.2 Å². The third-order valence-electron chi connectivity index (χ3n) is 3.57. The molecule has 0 aliphatic heterocycles. The standard InChI is InChI=1S/C18H31N3O5S/c1-15-5-6-16(17(13-15)26-10-9-24-3)14-21-18(19-2)20-7-8-25-11-12-27(4,22)23/h5-6,13H,7-12,14H2,1-4H3,(H2,19,20,21). The van der Waals surface area contributed by atoms with E-state index in [2.05, 4.69) is 15.6 Å². The van der Waals surface area contributed by atoms with Gasteiger partial charge in [-0.25, -0.2) is 8.42 Å². The first-order chi connectivity index (χ1) is 12.9. The van der Waals surface area contributed by atoms with Gasteiger partial charge >= 0.3 is 0 Å². The van der Waals surface area contributed by atoms with Gasteiger partial charge in [-0.3, -0.25) is 4.99 Å². The molecular weight excluding hydrogens is 370 g/mol. The summed E-state index contributed by atoms with van der Waals surface area (Å²) in [6, 6.07) is 6.05. The maximum Gasteiger partial charge on any atom is 0.191 e. The average Bonchev–Trinajstić information content (AvgIpc) is 2.61. The van der Waals surface area contributed by atoms with Crippen molar-refractivity contribution in [2.24, 2.45) is 4.99 Å². The largest absolute Gasteiger partial charge is 0.491 e. The summed E-state index contributed by atoms with van der Waals surface area (Å²) in [6.45, 7) is 4.70. The van der Waals surface area contributed by atoms with Gasteiger partial charge in [-0.2, -0.15) is 0 Å². The lowest BCUT2D eigenvalue weighted by molar-refractivity contribution is 0.145. The summed E-state index contributed by atoms with van der Waals surface area (Å²) >= 11 is 0. The summed E-state index contributed by atoms with van der Waals surface area (Å²) in [6.07, 6.45) is 1.19. The number of guanidine groups is 1. The number of nitrogens with one attached hydrogen (secondary N) is 2. The molecule has 0 amide bonds. The third kappa shape index (κ3) is 10.8. The number of benzene rings is 1. The monoisotopic (exact) mass is 401 g/mol. The summed E-state index contributed by atoms with van der Waals surface area (Å²) in [4.78, 5) is 4.16. The predicted molar refractivity (Wildman–Crippen MR) is 107 cm³/mol. The lowest BCUT2D eigenvalue weighted by Crippen LogP contribution is -2.38. The zero-order chi connectivity index (χ0) is 20.1. The number of aryl methyl sites for hydroxylation is 1. The molecule has 27 heavy (non-hydrogen) atoms. The molecule has 0 bridgehead atoms. The Morgan fingerprint density at radius 2 is 1.93 bits per heavy atom. The molecule has 1 aromatic rings. The van der Waals surface area contributed by atoms with Gasteiger partial charge in [0, 0.05) is 39.1 Å². The van der Waals surface area contributed by atoms with E-state index in [9.17, 15) is 8.42 Å². The van der Waals surface area contributed by atoms with Gasteiger partial charge < -0.3 is 24.8 Å². The molecule has 0 aromatic heterocycles.